The van der Waals surface area contributed by atoms with Crippen molar-refractivity contribution in [2.75, 3.05) is 5.32 Å². The third-order valence-corrected chi connectivity index (χ3v) is 2.05. The summed E-state index contributed by atoms with van der Waals surface area (Å²) in [7, 11) is 0. The summed E-state index contributed by atoms with van der Waals surface area (Å²) in [6.07, 6.45) is 4.83. The third kappa shape index (κ3) is 2.92. The van der Waals surface area contributed by atoms with Crippen molar-refractivity contribution >= 4 is 11.6 Å². The van der Waals surface area contributed by atoms with Gasteiger partial charge in [-0.15, -0.1) is 0 Å². The minimum absolute atomic E-state index is 0.141. The van der Waals surface area contributed by atoms with Crippen LogP contribution in [0.25, 0.3) is 0 Å². The Hall–Kier alpha value is -2.16. The number of nitrogens with zero attached hydrogens (tertiary/aromatic N) is 1. The fraction of sp³-hybridized carbons (Fsp3) is 0. The molecule has 1 N–H and O–H groups in total. The molecule has 0 aliphatic carbocycles. The molecule has 2 aromatic rings. The van der Waals surface area contributed by atoms with Crippen LogP contribution in [0.1, 0.15) is 5.56 Å². The maximum atomic E-state index is 11.6. The van der Waals surface area contributed by atoms with Crippen molar-refractivity contribution in [2.24, 2.45) is 0 Å². The highest BCUT2D eigenvalue weighted by Gasteiger charge is 2.03. The molecule has 3 heteroatoms. The van der Waals surface area contributed by atoms with Crippen molar-refractivity contribution in [2.45, 2.75) is 0 Å². The minimum atomic E-state index is -0.141. The molecule has 1 heterocycles. The van der Waals surface area contributed by atoms with Gasteiger partial charge in [-0.1, -0.05) is 30.3 Å². The average molecular weight is 211 g/mol. The first-order valence-corrected chi connectivity index (χ1v) is 4.95. The first-order chi connectivity index (χ1) is 7.84. The molecule has 0 spiro atoms. The second-order valence-corrected chi connectivity index (χ2v) is 3.28. The summed E-state index contributed by atoms with van der Waals surface area (Å²) in [5, 5.41) is 2.76. The zero-order chi connectivity index (χ0) is 11.2. The van der Waals surface area contributed by atoms with Crippen molar-refractivity contribution in [3.05, 3.63) is 66.8 Å². The second-order valence-electron chi connectivity index (χ2n) is 3.28. The van der Waals surface area contributed by atoms with Crippen molar-refractivity contribution in [1.82, 2.24) is 4.98 Å². The fourth-order valence-corrected chi connectivity index (χ4v) is 1.31. The molecule has 0 bridgehead atoms. The van der Waals surface area contributed by atoms with Crippen LogP contribution in [0.4, 0.5) is 5.69 Å². The molecule has 1 radical (unpaired) electrons. The molecule has 0 atom stereocenters. The first-order valence-electron chi connectivity index (χ1n) is 4.95. The molecule has 0 saturated heterocycles. The van der Waals surface area contributed by atoms with Crippen LogP contribution in [-0.2, 0) is 4.79 Å². The van der Waals surface area contributed by atoms with Crippen LogP contribution in [0.15, 0.2) is 54.9 Å². The lowest BCUT2D eigenvalue weighted by atomic mass is 10.1. The molecule has 1 aromatic heterocycles. The van der Waals surface area contributed by atoms with Crippen molar-refractivity contribution in [3.63, 3.8) is 0 Å². The van der Waals surface area contributed by atoms with Crippen molar-refractivity contribution in [3.8, 4) is 0 Å². The zero-order valence-electron chi connectivity index (χ0n) is 8.63. The molecule has 3 nitrogen and oxygen atoms in total. The molecular formula is C13H11N2O. The predicted molar refractivity (Wildman–Crippen MR) is 62.7 cm³/mol. The lowest BCUT2D eigenvalue weighted by Crippen LogP contribution is -2.12. The van der Waals surface area contributed by atoms with Gasteiger partial charge < -0.3 is 5.32 Å². The van der Waals surface area contributed by atoms with Gasteiger partial charge in [-0.25, -0.2) is 0 Å². The number of pyridine rings is 1. The highest BCUT2D eigenvalue weighted by Crippen LogP contribution is 2.07. The van der Waals surface area contributed by atoms with Gasteiger partial charge in [0.15, 0.2) is 0 Å². The van der Waals surface area contributed by atoms with Crippen molar-refractivity contribution < 1.29 is 4.79 Å². The number of rotatable bonds is 3. The Morgan fingerprint density at radius 2 is 1.75 bits per heavy atom. The van der Waals surface area contributed by atoms with Crippen LogP contribution in [0.3, 0.4) is 0 Å². The van der Waals surface area contributed by atoms with Gasteiger partial charge in [0.05, 0.1) is 6.42 Å². The first kappa shape index (κ1) is 10.4. The van der Waals surface area contributed by atoms with E-state index in [1.807, 2.05) is 30.3 Å². The van der Waals surface area contributed by atoms with Crippen LogP contribution < -0.4 is 5.32 Å². The van der Waals surface area contributed by atoms with Gasteiger partial charge in [-0.2, -0.15) is 0 Å². The molecule has 0 aliphatic rings. The number of hydrogen-bond acceptors (Lipinski definition) is 2. The van der Waals surface area contributed by atoms with Gasteiger partial charge in [0.2, 0.25) is 5.91 Å². The number of carbonyl (C=O) groups excluding carboxylic acids is 1. The maximum Gasteiger partial charge on any atom is 0.233 e. The predicted octanol–water partition coefficient (Wildman–Crippen LogP) is 2.27. The quantitative estimate of drug-likeness (QED) is 0.846. The summed E-state index contributed by atoms with van der Waals surface area (Å²) < 4.78 is 0. The third-order valence-electron chi connectivity index (χ3n) is 2.05. The Kier molecular flexibility index (Phi) is 3.28. The molecule has 0 fully saturated rings. The number of aromatic nitrogens is 1. The van der Waals surface area contributed by atoms with Crippen molar-refractivity contribution in [1.29, 1.82) is 0 Å². The molecule has 0 aliphatic heterocycles. The molecule has 1 aromatic carbocycles. The molecular weight excluding hydrogens is 200 g/mol. The Bertz CT molecular complexity index is 410. The number of carbonyl (C=O) groups is 1. The van der Waals surface area contributed by atoms with E-state index in [9.17, 15) is 4.79 Å². The van der Waals surface area contributed by atoms with E-state index in [1.165, 1.54) is 0 Å². The smallest absolute Gasteiger partial charge is 0.233 e. The summed E-state index contributed by atoms with van der Waals surface area (Å²) in [4.78, 5) is 15.5. The zero-order valence-corrected chi connectivity index (χ0v) is 8.63. The average Bonchev–Trinajstić information content (AvgIpc) is 2.31. The van der Waals surface area contributed by atoms with Gasteiger partial charge in [0, 0.05) is 18.1 Å². The lowest BCUT2D eigenvalue weighted by molar-refractivity contribution is -0.112. The Balaban J connectivity index is 1.95. The van der Waals surface area contributed by atoms with Crippen LogP contribution >= 0.6 is 0 Å². The van der Waals surface area contributed by atoms with E-state index in [0.29, 0.717) is 0 Å². The lowest BCUT2D eigenvalue weighted by Gasteiger charge is -2.03. The standard InChI is InChI=1S/C13H11N2O/c16-13(10-11-4-2-1-3-5-11)15-12-6-8-14-9-7-12/h1-10H,(H,14,15,16). The van der Waals surface area contributed by atoms with E-state index in [2.05, 4.69) is 10.3 Å². The topological polar surface area (TPSA) is 42.0 Å². The number of anilines is 1. The summed E-state index contributed by atoms with van der Waals surface area (Å²) >= 11 is 0. The monoisotopic (exact) mass is 211 g/mol. The second kappa shape index (κ2) is 5.07. The largest absolute Gasteiger partial charge is 0.325 e. The van der Waals surface area contributed by atoms with Crippen LogP contribution in [0, 0.1) is 6.42 Å². The Labute approximate surface area is 94.1 Å². The van der Waals surface area contributed by atoms with Gasteiger partial charge in [0.1, 0.15) is 0 Å². The summed E-state index contributed by atoms with van der Waals surface area (Å²) in [6, 6.07) is 13.0. The molecule has 16 heavy (non-hydrogen) atoms. The maximum absolute atomic E-state index is 11.6. The van der Waals surface area contributed by atoms with Gasteiger partial charge in [-0.05, 0) is 17.7 Å². The fourth-order valence-electron chi connectivity index (χ4n) is 1.31. The molecule has 2 rings (SSSR count). The summed E-state index contributed by atoms with van der Waals surface area (Å²) in [5.41, 5.74) is 1.63. The van der Waals surface area contributed by atoms with Crippen LogP contribution in [0.2, 0.25) is 0 Å². The number of hydrogen-bond donors (Lipinski definition) is 1. The van der Waals surface area contributed by atoms with E-state index >= 15 is 0 Å². The highest BCUT2D eigenvalue weighted by atomic mass is 16.1. The molecule has 79 valence electrons. The number of benzene rings is 1. The molecule has 1 amide bonds. The Morgan fingerprint density at radius 3 is 2.44 bits per heavy atom. The van der Waals surface area contributed by atoms with E-state index in [-0.39, 0.29) is 5.91 Å². The summed E-state index contributed by atoms with van der Waals surface area (Å²) in [6.45, 7) is 0. The van der Waals surface area contributed by atoms with E-state index in [0.717, 1.165) is 11.3 Å². The number of amides is 1. The van der Waals surface area contributed by atoms with Gasteiger partial charge in [-0.3, -0.25) is 9.78 Å². The Morgan fingerprint density at radius 1 is 1.06 bits per heavy atom. The normalized spacial score (nSPS) is 9.75. The minimum Gasteiger partial charge on any atom is -0.325 e. The summed E-state index contributed by atoms with van der Waals surface area (Å²) in [5.74, 6) is -0.141. The van der Waals surface area contributed by atoms with E-state index < -0.39 is 0 Å². The van der Waals surface area contributed by atoms with Gasteiger partial charge in [0.25, 0.3) is 0 Å². The highest BCUT2D eigenvalue weighted by molar-refractivity contribution is 5.99. The van der Waals surface area contributed by atoms with Crippen LogP contribution in [0.5, 0.6) is 0 Å². The van der Waals surface area contributed by atoms with E-state index in [1.54, 1.807) is 30.9 Å². The SMILES string of the molecule is O=C([CH]c1ccccc1)Nc1ccncc1. The van der Waals surface area contributed by atoms with E-state index in [4.69, 9.17) is 0 Å². The molecule has 0 unspecified atom stereocenters. The van der Waals surface area contributed by atoms with Gasteiger partial charge >= 0.3 is 0 Å². The van der Waals surface area contributed by atoms with Crippen LogP contribution in [-0.4, -0.2) is 10.9 Å². The molecule has 0 saturated carbocycles. The number of nitrogens with one attached hydrogen (secondary N) is 1.